The van der Waals surface area contributed by atoms with Crippen LogP contribution in [0.25, 0.3) is 0 Å². The minimum Gasteiger partial charge on any atom is -0.380 e. The van der Waals surface area contributed by atoms with Crippen molar-refractivity contribution >= 4 is 0 Å². The molecule has 0 aliphatic carbocycles. The number of nitrogens with zero attached hydrogens (tertiary/aromatic N) is 3. The molecule has 2 N–H and O–H groups in total. The minimum atomic E-state index is 0.255. The Balaban J connectivity index is 2.09. The van der Waals surface area contributed by atoms with Gasteiger partial charge in [-0.25, -0.2) is 0 Å². The minimum absolute atomic E-state index is 0.255. The number of hydrogen-bond donors (Lipinski definition) is 1. The van der Waals surface area contributed by atoms with Crippen molar-refractivity contribution in [1.82, 2.24) is 14.7 Å². The highest BCUT2D eigenvalue weighted by molar-refractivity contribution is 5.12. The number of nitrogens with two attached hydrogens (primary N) is 1. The van der Waals surface area contributed by atoms with E-state index in [0.717, 1.165) is 26.1 Å². The van der Waals surface area contributed by atoms with Crippen LogP contribution in [-0.2, 0) is 11.3 Å². The van der Waals surface area contributed by atoms with Gasteiger partial charge in [0.05, 0.1) is 18.3 Å². The van der Waals surface area contributed by atoms with Gasteiger partial charge in [-0.05, 0) is 25.8 Å². The maximum Gasteiger partial charge on any atom is 0.0724 e. The molecule has 0 aromatic carbocycles. The second-order valence-electron chi connectivity index (χ2n) is 5.42. The average Bonchev–Trinajstić information content (AvgIpc) is 2.90. The second kappa shape index (κ2) is 6.50. The zero-order valence-electron chi connectivity index (χ0n) is 12.2. The highest BCUT2D eigenvalue weighted by Gasteiger charge is 2.30. The molecule has 2 heterocycles. The molecular formula is C14H26N4O. The number of ether oxygens (including phenoxy) is 1. The molecule has 0 radical (unpaired) electrons. The van der Waals surface area contributed by atoms with Crippen LogP contribution in [0.1, 0.15) is 31.9 Å². The molecule has 1 aromatic heterocycles. The van der Waals surface area contributed by atoms with Crippen molar-refractivity contribution in [3.8, 4) is 0 Å². The molecular weight excluding hydrogens is 240 g/mol. The van der Waals surface area contributed by atoms with E-state index in [9.17, 15) is 0 Å². The number of likely N-dealkylation sites (tertiary alicyclic amines) is 1. The van der Waals surface area contributed by atoms with E-state index in [2.05, 4.69) is 30.0 Å². The van der Waals surface area contributed by atoms with Gasteiger partial charge in [0.2, 0.25) is 0 Å². The molecule has 5 nitrogen and oxygen atoms in total. The van der Waals surface area contributed by atoms with Crippen molar-refractivity contribution in [2.24, 2.45) is 11.7 Å². The molecule has 0 saturated carbocycles. The van der Waals surface area contributed by atoms with E-state index in [1.807, 2.05) is 10.9 Å². The predicted molar refractivity (Wildman–Crippen MR) is 75.8 cm³/mol. The fourth-order valence-electron chi connectivity index (χ4n) is 2.87. The zero-order chi connectivity index (χ0) is 13.8. The molecule has 3 atom stereocenters. The summed E-state index contributed by atoms with van der Waals surface area (Å²) in [6.07, 6.45) is 5.53. The van der Waals surface area contributed by atoms with Gasteiger partial charge >= 0.3 is 0 Å². The lowest BCUT2D eigenvalue weighted by Gasteiger charge is -2.40. The molecule has 108 valence electrons. The summed E-state index contributed by atoms with van der Waals surface area (Å²) in [6, 6.07) is 0.255. The summed E-state index contributed by atoms with van der Waals surface area (Å²) in [5, 5.41) is 4.36. The van der Waals surface area contributed by atoms with E-state index in [1.165, 1.54) is 5.56 Å². The van der Waals surface area contributed by atoms with Gasteiger partial charge in [0.1, 0.15) is 0 Å². The van der Waals surface area contributed by atoms with E-state index in [-0.39, 0.29) is 6.04 Å². The number of hydrogen-bond acceptors (Lipinski definition) is 4. The molecule has 2 rings (SSSR count). The normalized spacial score (nSPS) is 26.5. The highest BCUT2D eigenvalue weighted by Crippen LogP contribution is 2.27. The van der Waals surface area contributed by atoms with Gasteiger partial charge in [0, 0.05) is 38.5 Å². The number of rotatable bonds is 5. The molecule has 1 saturated heterocycles. The van der Waals surface area contributed by atoms with Crippen molar-refractivity contribution in [2.75, 3.05) is 26.7 Å². The topological polar surface area (TPSA) is 56.3 Å². The highest BCUT2D eigenvalue weighted by atomic mass is 16.5. The molecule has 0 spiro atoms. The summed E-state index contributed by atoms with van der Waals surface area (Å²) in [6.45, 7) is 7.92. The van der Waals surface area contributed by atoms with Crippen molar-refractivity contribution < 1.29 is 4.74 Å². The van der Waals surface area contributed by atoms with E-state index in [4.69, 9.17) is 10.5 Å². The Bertz CT molecular complexity index is 393. The summed E-state index contributed by atoms with van der Waals surface area (Å²) in [5.41, 5.74) is 7.20. The van der Waals surface area contributed by atoms with E-state index >= 15 is 0 Å². The van der Waals surface area contributed by atoms with E-state index < -0.39 is 0 Å². The van der Waals surface area contributed by atoms with Crippen LogP contribution in [0.3, 0.4) is 0 Å². The standard InChI is InChI=1S/C14H26N4O/c1-4-18-9-12(8-16-18)13(7-15)17-6-5-11(2)14(10-17)19-3/h8-9,11,13-14H,4-7,10,15H2,1-3H3. The largest absolute Gasteiger partial charge is 0.380 e. The van der Waals surface area contributed by atoms with Crippen LogP contribution in [0.4, 0.5) is 0 Å². The fraction of sp³-hybridized carbons (Fsp3) is 0.786. The monoisotopic (exact) mass is 266 g/mol. The maximum atomic E-state index is 5.99. The SMILES string of the molecule is CCn1cc(C(CN)N2CCC(C)C(OC)C2)cn1. The first-order chi connectivity index (χ1) is 9.19. The van der Waals surface area contributed by atoms with Crippen LogP contribution < -0.4 is 5.73 Å². The smallest absolute Gasteiger partial charge is 0.0724 e. The van der Waals surface area contributed by atoms with Gasteiger partial charge in [-0.3, -0.25) is 9.58 Å². The first-order valence-electron chi connectivity index (χ1n) is 7.18. The second-order valence-corrected chi connectivity index (χ2v) is 5.42. The van der Waals surface area contributed by atoms with Crippen LogP contribution in [-0.4, -0.2) is 47.5 Å². The van der Waals surface area contributed by atoms with Crippen LogP contribution in [0.15, 0.2) is 12.4 Å². The molecule has 1 fully saturated rings. The Kier molecular flexibility index (Phi) is 4.96. The Hall–Kier alpha value is -0.910. The van der Waals surface area contributed by atoms with Crippen molar-refractivity contribution in [3.63, 3.8) is 0 Å². The molecule has 1 aliphatic rings. The predicted octanol–water partition coefficient (Wildman–Crippen LogP) is 1.26. The zero-order valence-corrected chi connectivity index (χ0v) is 12.2. The lowest BCUT2D eigenvalue weighted by atomic mass is 9.94. The van der Waals surface area contributed by atoms with Crippen molar-refractivity contribution in [2.45, 2.75) is 39.0 Å². The molecule has 0 amide bonds. The first kappa shape index (κ1) is 14.5. The first-order valence-corrected chi connectivity index (χ1v) is 7.18. The van der Waals surface area contributed by atoms with Gasteiger partial charge in [-0.15, -0.1) is 0 Å². The Morgan fingerprint density at radius 2 is 2.37 bits per heavy atom. The third-order valence-electron chi connectivity index (χ3n) is 4.25. The number of piperidine rings is 1. The van der Waals surface area contributed by atoms with E-state index in [0.29, 0.717) is 18.6 Å². The average molecular weight is 266 g/mol. The Morgan fingerprint density at radius 3 is 2.95 bits per heavy atom. The Morgan fingerprint density at radius 1 is 1.58 bits per heavy atom. The van der Waals surface area contributed by atoms with Gasteiger partial charge in [-0.1, -0.05) is 6.92 Å². The number of methoxy groups -OCH3 is 1. The van der Waals surface area contributed by atoms with Crippen LogP contribution in [0, 0.1) is 5.92 Å². The van der Waals surface area contributed by atoms with Gasteiger partial charge < -0.3 is 10.5 Å². The molecule has 1 aliphatic heterocycles. The summed E-state index contributed by atoms with van der Waals surface area (Å²) < 4.78 is 7.54. The lowest BCUT2D eigenvalue weighted by Crippen LogP contribution is -2.47. The van der Waals surface area contributed by atoms with Gasteiger partial charge in [0.15, 0.2) is 0 Å². The summed E-state index contributed by atoms with van der Waals surface area (Å²) in [7, 11) is 1.80. The maximum absolute atomic E-state index is 5.99. The molecule has 0 bridgehead atoms. The summed E-state index contributed by atoms with van der Waals surface area (Å²) >= 11 is 0. The third-order valence-corrected chi connectivity index (χ3v) is 4.25. The number of aryl methyl sites for hydroxylation is 1. The summed E-state index contributed by atoms with van der Waals surface area (Å²) in [5.74, 6) is 0.623. The Labute approximate surface area is 115 Å². The van der Waals surface area contributed by atoms with Gasteiger partial charge in [-0.2, -0.15) is 5.10 Å². The summed E-state index contributed by atoms with van der Waals surface area (Å²) in [4.78, 5) is 2.44. The molecule has 5 heteroatoms. The van der Waals surface area contributed by atoms with Crippen LogP contribution in [0.2, 0.25) is 0 Å². The quantitative estimate of drug-likeness (QED) is 0.871. The van der Waals surface area contributed by atoms with E-state index in [1.54, 1.807) is 7.11 Å². The number of aromatic nitrogens is 2. The molecule has 1 aromatic rings. The lowest BCUT2D eigenvalue weighted by molar-refractivity contribution is -0.0183. The molecule has 3 unspecified atom stereocenters. The van der Waals surface area contributed by atoms with Crippen molar-refractivity contribution in [1.29, 1.82) is 0 Å². The van der Waals surface area contributed by atoms with Crippen LogP contribution in [0.5, 0.6) is 0 Å². The molecule has 19 heavy (non-hydrogen) atoms. The fourth-order valence-corrected chi connectivity index (χ4v) is 2.87. The van der Waals surface area contributed by atoms with Gasteiger partial charge in [0.25, 0.3) is 0 Å². The van der Waals surface area contributed by atoms with Crippen molar-refractivity contribution in [3.05, 3.63) is 18.0 Å². The van der Waals surface area contributed by atoms with Crippen LogP contribution >= 0.6 is 0 Å². The third kappa shape index (κ3) is 3.16.